The van der Waals surface area contributed by atoms with Crippen molar-refractivity contribution in [3.8, 4) is 56.4 Å². The SMILES string of the molecule is c1ccc(-c2nc(-c3ccccc3)nc(-c3ccc4c(c3)sc3cc(-c5ccc(C6(c7ccc8oc9ccccc9c8c7)c7ccccc7-c7ccccc76)cc5)ccc34)n2)cc1. The fraction of sp³-hybridized carbons (Fsp3) is 0.0172. The number of hydrogen-bond acceptors (Lipinski definition) is 5. The van der Waals surface area contributed by atoms with E-state index in [-0.39, 0.29) is 0 Å². The maximum atomic E-state index is 6.32. The van der Waals surface area contributed by atoms with Gasteiger partial charge in [0.2, 0.25) is 0 Å². The largest absolute Gasteiger partial charge is 0.456 e. The number of para-hydroxylation sites is 1. The molecular weight excluding hydrogens is 787 g/mol. The summed E-state index contributed by atoms with van der Waals surface area (Å²) in [5.74, 6) is 1.98. The molecule has 63 heavy (non-hydrogen) atoms. The van der Waals surface area contributed by atoms with E-state index in [4.69, 9.17) is 19.4 Å². The summed E-state index contributed by atoms with van der Waals surface area (Å²) in [5, 5.41) is 4.73. The summed E-state index contributed by atoms with van der Waals surface area (Å²) in [7, 11) is 0. The quantitative estimate of drug-likeness (QED) is 0.168. The molecule has 0 saturated carbocycles. The molecule has 1 aliphatic rings. The number of fused-ring (bicyclic) bond motifs is 9. The molecule has 0 bridgehead atoms. The minimum atomic E-state index is -0.520. The van der Waals surface area contributed by atoms with E-state index in [0.29, 0.717) is 17.5 Å². The van der Waals surface area contributed by atoms with Gasteiger partial charge in [0.1, 0.15) is 11.2 Å². The van der Waals surface area contributed by atoms with Crippen LogP contribution in [0.3, 0.4) is 0 Å². The molecule has 13 rings (SSSR count). The van der Waals surface area contributed by atoms with Gasteiger partial charge in [-0.2, -0.15) is 0 Å². The van der Waals surface area contributed by atoms with Crippen LogP contribution in [0.1, 0.15) is 22.3 Å². The maximum Gasteiger partial charge on any atom is 0.164 e. The minimum absolute atomic E-state index is 0.520. The lowest BCUT2D eigenvalue weighted by Gasteiger charge is -2.34. The van der Waals surface area contributed by atoms with Crippen LogP contribution in [0.15, 0.2) is 217 Å². The summed E-state index contributed by atoms with van der Waals surface area (Å²) in [6.45, 7) is 0. The number of benzene rings is 9. The summed E-state index contributed by atoms with van der Waals surface area (Å²) in [6.07, 6.45) is 0. The van der Waals surface area contributed by atoms with Crippen molar-refractivity contribution >= 4 is 53.4 Å². The van der Waals surface area contributed by atoms with E-state index >= 15 is 0 Å². The Morgan fingerprint density at radius 1 is 0.333 bits per heavy atom. The minimum Gasteiger partial charge on any atom is -0.456 e. The third kappa shape index (κ3) is 5.57. The summed E-state index contributed by atoms with van der Waals surface area (Å²) < 4.78 is 8.76. The van der Waals surface area contributed by atoms with Crippen LogP contribution >= 0.6 is 11.3 Å². The molecule has 9 aromatic carbocycles. The molecule has 0 radical (unpaired) electrons. The molecule has 0 N–H and O–H groups in total. The number of thiophene rings is 1. The average molecular weight is 822 g/mol. The summed E-state index contributed by atoms with van der Waals surface area (Å²) >= 11 is 1.81. The third-order valence-corrected chi connectivity index (χ3v) is 14.0. The van der Waals surface area contributed by atoms with Crippen LogP contribution in [0.5, 0.6) is 0 Å². The molecule has 0 amide bonds. The maximum absolute atomic E-state index is 6.32. The van der Waals surface area contributed by atoms with Gasteiger partial charge in [-0.1, -0.05) is 182 Å². The van der Waals surface area contributed by atoms with Crippen LogP contribution in [0, 0.1) is 0 Å². The lowest BCUT2D eigenvalue weighted by molar-refractivity contribution is 0.668. The highest BCUT2D eigenvalue weighted by atomic mass is 32.1. The van der Waals surface area contributed by atoms with Crippen LogP contribution in [-0.4, -0.2) is 15.0 Å². The molecule has 0 atom stereocenters. The molecule has 0 aliphatic heterocycles. The molecule has 0 fully saturated rings. The van der Waals surface area contributed by atoms with E-state index in [0.717, 1.165) is 38.6 Å². The van der Waals surface area contributed by atoms with E-state index in [1.807, 2.05) is 78.1 Å². The second kappa shape index (κ2) is 14.0. The second-order valence-corrected chi connectivity index (χ2v) is 17.4. The summed E-state index contributed by atoms with van der Waals surface area (Å²) in [6, 6.07) is 76.0. The standard InChI is InChI=1S/C58H35N3OS/c1-3-13-37(14-4-1)55-59-56(38-15-5-2-6-16-38)61-57(60-55)40-26-31-47-46-30-25-39(33-53(46)63-54(47)34-40)36-23-27-41(28-24-36)58(49-20-10-7-17-43(49)44-18-8-11-21-50(44)58)42-29-32-52-48(35-42)45-19-9-12-22-51(45)62-52/h1-35H. The van der Waals surface area contributed by atoms with Crippen LogP contribution in [0.4, 0.5) is 0 Å². The van der Waals surface area contributed by atoms with Gasteiger partial charge >= 0.3 is 0 Å². The molecular formula is C58H35N3OS. The Labute approximate surface area is 367 Å². The van der Waals surface area contributed by atoms with Crippen molar-refractivity contribution in [3.63, 3.8) is 0 Å². The molecule has 0 saturated heterocycles. The van der Waals surface area contributed by atoms with Gasteiger partial charge in [-0.3, -0.25) is 0 Å². The van der Waals surface area contributed by atoms with E-state index in [2.05, 4.69) is 146 Å². The number of furan rings is 1. The van der Waals surface area contributed by atoms with Crippen molar-refractivity contribution in [1.29, 1.82) is 0 Å². The van der Waals surface area contributed by atoms with E-state index < -0.39 is 5.41 Å². The van der Waals surface area contributed by atoms with Gasteiger partial charge in [0, 0.05) is 47.6 Å². The van der Waals surface area contributed by atoms with Gasteiger partial charge in [-0.25, -0.2) is 15.0 Å². The summed E-state index contributed by atoms with van der Waals surface area (Å²) in [5.41, 5.74) is 14.1. The Morgan fingerprint density at radius 3 is 1.48 bits per heavy atom. The Bertz CT molecular complexity index is 3640. The Kier molecular flexibility index (Phi) is 7.96. The molecule has 0 spiro atoms. The molecule has 4 nitrogen and oxygen atoms in total. The van der Waals surface area contributed by atoms with Gasteiger partial charge in [0.25, 0.3) is 0 Å². The zero-order valence-corrected chi connectivity index (χ0v) is 34.7. The van der Waals surface area contributed by atoms with E-state index in [1.165, 1.54) is 64.7 Å². The monoisotopic (exact) mass is 821 g/mol. The molecule has 0 unspecified atom stereocenters. The van der Waals surface area contributed by atoms with Crippen molar-refractivity contribution in [2.45, 2.75) is 5.41 Å². The Hall–Kier alpha value is -7.99. The number of aromatic nitrogens is 3. The molecule has 3 heterocycles. The van der Waals surface area contributed by atoms with Crippen LogP contribution in [0.25, 0.3) is 98.5 Å². The highest BCUT2D eigenvalue weighted by molar-refractivity contribution is 7.25. The van der Waals surface area contributed by atoms with Gasteiger partial charge in [0.05, 0.1) is 5.41 Å². The lowest BCUT2D eigenvalue weighted by atomic mass is 9.67. The van der Waals surface area contributed by atoms with Crippen molar-refractivity contribution in [1.82, 2.24) is 15.0 Å². The van der Waals surface area contributed by atoms with Gasteiger partial charge in [-0.15, -0.1) is 11.3 Å². The van der Waals surface area contributed by atoms with Crippen molar-refractivity contribution in [2.75, 3.05) is 0 Å². The van der Waals surface area contributed by atoms with Crippen molar-refractivity contribution < 1.29 is 4.42 Å². The van der Waals surface area contributed by atoms with Crippen molar-refractivity contribution in [2.24, 2.45) is 0 Å². The smallest absolute Gasteiger partial charge is 0.164 e. The lowest BCUT2D eigenvalue weighted by Crippen LogP contribution is -2.28. The molecule has 5 heteroatoms. The molecule has 3 aromatic heterocycles. The zero-order chi connectivity index (χ0) is 41.5. The normalized spacial score (nSPS) is 12.9. The number of nitrogens with zero attached hydrogens (tertiary/aromatic N) is 3. The number of hydrogen-bond donors (Lipinski definition) is 0. The molecule has 1 aliphatic carbocycles. The van der Waals surface area contributed by atoms with Gasteiger partial charge in [0.15, 0.2) is 17.5 Å². The average Bonchev–Trinajstić information content (AvgIpc) is 4.02. The first kappa shape index (κ1) is 35.7. The third-order valence-electron chi connectivity index (χ3n) is 12.8. The molecule has 12 aromatic rings. The fourth-order valence-corrected chi connectivity index (χ4v) is 11.1. The predicted octanol–water partition coefficient (Wildman–Crippen LogP) is 15.2. The molecule has 294 valence electrons. The van der Waals surface area contributed by atoms with E-state index in [9.17, 15) is 0 Å². The highest BCUT2D eigenvalue weighted by Crippen LogP contribution is 2.56. The number of rotatable bonds is 6. The Balaban J connectivity index is 0.908. The first-order valence-corrected chi connectivity index (χ1v) is 22.1. The topological polar surface area (TPSA) is 51.8 Å². The van der Waals surface area contributed by atoms with Crippen molar-refractivity contribution in [3.05, 3.63) is 235 Å². The van der Waals surface area contributed by atoms with Crippen LogP contribution in [0.2, 0.25) is 0 Å². The summed E-state index contributed by atoms with van der Waals surface area (Å²) in [4.78, 5) is 14.9. The fourth-order valence-electron chi connectivity index (χ4n) is 9.93. The first-order chi connectivity index (χ1) is 31.2. The van der Waals surface area contributed by atoms with Crippen LogP contribution in [-0.2, 0) is 5.41 Å². The van der Waals surface area contributed by atoms with Gasteiger partial charge < -0.3 is 4.42 Å². The highest BCUT2D eigenvalue weighted by Gasteiger charge is 2.46. The predicted molar refractivity (Wildman–Crippen MR) is 259 cm³/mol. The van der Waals surface area contributed by atoms with E-state index in [1.54, 1.807) is 0 Å². The van der Waals surface area contributed by atoms with Gasteiger partial charge in [-0.05, 0) is 74.8 Å². The first-order valence-electron chi connectivity index (χ1n) is 21.2. The van der Waals surface area contributed by atoms with Crippen LogP contribution < -0.4 is 0 Å². The Morgan fingerprint density at radius 2 is 0.825 bits per heavy atom. The zero-order valence-electron chi connectivity index (χ0n) is 33.9. The second-order valence-electron chi connectivity index (χ2n) is 16.3.